The van der Waals surface area contributed by atoms with Crippen LogP contribution in [0.1, 0.15) is 31.4 Å². The number of carbonyl (C=O) groups excluding carboxylic acids is 1. The third-order valence-electron chi connectivity index (χ3n) is 3.54. The van der Waals surface area contributed by atoms with Gasteiger partial charge >= 0.3 is 0 Å². The number of carbonyl (C=O) groups is 1. The van der Waals surface area contributed by atoms with Gasteiger partial charge < -0.3 is 5.32 Å². The lowest BCUT2D eigenvalue weighted by Gasteiger charge is -2.26. The number of hydrogen-bond donors (Lipinski definition) is 1. The minimum Gasteiger partial charge on any atom is -0.351 e. The minimum atomic E-state index is -0.0252. The molecule has 0 spiro atoms. The quantitative estimate of drug-likeness (QED) is 0.865. The number of nitrogens with one attached hydrogen (secondary N) is 1. The fourth-order valence-electron chi connectivity index (χ4n) is 2.43. The third-order valence-corrected chi connectivity index (χ3v) is 5.29. The van der Waals surface area contributed by atoms with Crippen LogP contribution in [0.4, 0.5) is 0 Å². The molecule has 1 fully saturated rings. The third kappa shape index (κ3) is 3.48. The number of aryl methyl sites for hydroxylation is 1. The number of halogens is 1. The van der Waals surface area contributed by atoms with Crippen LogP contribution in [-0.2, 0) is 11.3 Å². The van der Waals surface area contributed by atoms with E-state index < -0.39 is 0 Å². The zero-order valence-corrected chi connectivity index (χ0v) is 13.7. The number of nitrogens with zero attached hydrogens (tertiary/aromatic N) is 1. The first-order valence-electron chi connectivity index (χ1n) is 6.93. The molecule has 1 saturated heterocycles. The SMILES string of the molecule is Cc1cccc(Cl)c1CNC(=O)C1CCSN1C(C)C. The molecule has 0 aromatic heterocycles. The molecule has 1 atom stereocenters. The summed E-state index contributed by atoms with van der Waals surface area (Å²) in [6.07, 6.45) is 0.913. The molecule has 0 aliphatic carbocycles. The monoisotopic (exact) mass is 312 g/mol. The van der Waals surface area contributed by atoms with E-state index in [0.717, 1.165) is 23.3 Å². The van der Waals surface area contributed by atoms with Crippen molar-refractivity contribution in [2.75, 3.05) is 5.75 Å². The molecule has 0 bridgehead atoms. The van der Waals surface area contributed by atoms with Crippen LogP contribution >= 0.6 is 23.5 Å². The van der Waals surface area contributed by atoms with Gasteiger partial charge in [-0.3, -0.25) is 4.79 Å². The van der Waals surface area contributed by atoms with E-state index in [0.29, 0.717) is 17.6 Å². The molecule has 110 valence electrons. The Morgan fingerprint density at radius 3 is 2.95 bits per heavy atom. The van der Waals surface area contributed by atoms with Crippen molar-refractivity contribution in [3.8, 4) is 0 Å². The summed E-state index contributed by atoms with van der Waals surface area (Å²) in [4.78, 5) is 12.3. The van der Waals surface area contributed by atoms with E-state index in [1.165, 1.54) is 0 Å². The minimum absolute atomic E-state index is 0.0252. The Balaban J connectivity index is 1.99. The Morgan fingerprint density at radius 1 is 1.55 bits per heavy atom. The molecule has 1 aromatic carbocycles. The molecule has 0 radical (unpaired) electrons. The summed E-state index contributed by atoms with van der Waals surface area (Å²) in [7, 11) is 0. The summed E-state index contributed by atoms with van der Waals surface area (Å²) in [6.45, 7) is 6.75. The second-order valence-electron chi connectivity index (χ2n) is 5.34. The van der Waals surface area contributed by atoms with E-state index in [-0.39, 0.29) is 11.9 Å². The van der Waals surface area contributed by atoms with E-state index in [1.54, 1.807) is 11.9 Å². The van der Waals surface area contributed by atoms with Crippen LogP contribution in [0.2, 0.25) is 5.02 Å². The molecular weight excluding hydrogens is 292 g/mol. The van der Waals surface area contributed by atoms with Crippen LogP contribution in [0.25, 0.3) is 0 Å². The molecular formula is C15H21ClN2OS. The number of benzene rings is 1. The van der Waals surface area contributed by atoms with Crippen molar-refractivity contribution in [2.24, 2.45) is 0 Å². The maximum atomic E-state index is 12.3. The van der Waals surface area contributed by atoms with Crippen LogP contribution < -0.4 is 5.32 Å². The highest BCUT2D eigenvalue weighted by Crippen LogP contribution is 2.29. The maximum Gasteiger partial charge on any atom is 0.238 e. The summed E-state index contributed by atoms with van der Waals surface area (Å²) >= 11 is 7.95. The van der Waals surface area contributed by atoms with Gasteiger partial charge in [-0.25, -0.2) is 4.31 Å². The zero-order chi connectivity index (χ0) is 14.7. The molecule has 1 aliphatic rings. The van der Waals surface area contributed by atoms with Crippen molar-refractivity contribution in [3.05, 3.63) is 34.3 Å². The average Bonchev–Trinajstić information content (AvgIpc) is 2.87. The van der Waals surface area contributed by atoms with E-state index in [1.807, 2.05) is 25.1 Å². The first-order chi connectivity index (χ1) is 9.50. The number of hydrogen-bond acceptors (Lipinski definition) is 3. The van der Waals surface area contributed by atoms with Gasteiger partial charge in [-0.1, -0.05) is 35.7 Å². The molecule has 5 heteroatoms. The number of amides is 1. The van der Waals surface area contributed by atoms with Crippen molar-refractivity contribution in [2.45, 2.75) is 45.8 Å². The average molecular weight is 313 g/mol. The lowest BCUT2D eigenvalue weighted by atomic mass is 10.1. The van der Waals surface area contributed by atoms with Crippen molar-refractivity contribution < 1.29 is 4.79 Å². The first kappa shape index (κ1) is 15.7. The summed E-state index contributed by atoms with van der Waals surface area (Å²) < 4.78 is 2.19. The Bertz CT molecular complexity index is 473. The van der Waals surface area contributed by atoms with Crippen molar-refractivity contribution in [3.63, 3.8) is 0 Å². The molecule has 1 unspecified atom stereocenters. The molecule has 1 heterocycles. The van der Waals surface area contributed by atoms with Crippen molar-refractivity contribution in [1.82, 2.24) is 9.62 Å². The topological polar surface area (TPSA) is 32.3 Å². The Morgan fingerprint density at radius 2 is 2.30 bits per heavy atom. The van der Waals surface area contributed by atoms with Gasteiger partial charge in [-0.2, -0.15) is 0 Å². The highest BCUT2D eigenvalue weighted by atomic mass is 35.5. The smallest absolute Gasteiger partial charge is 0.238 e. The molecule has 1 N–H and O–H groups in total. The van der Waals surface area contributed by atoms with Gasteiger partial charge in [0, 0.05) is 23.4 Å². The van der Waals surface area contributed by atoms with Crippen LogP contribution in [-0.4, -0.2) is 28.0 Å². The highest BCUT2D eigenvalue weighted by molar-refractivity contribution is 7.97. The molecule has 3 nitrogen and oxygen atoms in total. The lowest BCUT2D eigenvalue weighted by Crippen LogP contribution is -2.43. The molecule has 1 aromatic rings. The maximum absolute atomic E-state index is 12.3. The van der Waals surface area contributed by atoms with E-state index in [9.17, 15) is 4.79 Å². The van der Waals surface area contributed by atoms with E-state index in [2.05, 4.69) is 23.5 Å². The predicted molar refractivity (Wildman–Crippen MR) is 85.9 cm³/mol. The zero-order valence-electron chi connectivity index (χ0n) is 12.1. The Labute approximate surface area is 130 Å². The van der Waals surface area contributed by atoms with Gasteiger partial charge in [0.25, 0.3) is 0 Å². The normalized spacial score (nSPS) is 19.6. The first-order valence-corrected chi connectivity index (χ1v) is 8.25. The van der Waals surface area contributed by atoms with Crippen molar-refractivity contribution >= 4 is 29.5 Å². The van der Waals surface area contributed by atoms with Gasteiger partial charge in [-0.05, 0) is 44.4 Å². The standard InChI is InChI=1S/C15H21ClN2OS/c1-10(2)18-14(7-8-20-18)15(19)17-9-12-11(3)5-4-6-13(12)16/h4-6,10,14H,7-9H2,1-3H3,(H,17,19). The predicted octanol–water partition coefficient (Wildman–Crippen LogP) is 3.40. The summed E-state index contributed by atoms with van der Waals surface area (Å²) in [5.41, 5.74) is 2.11. The number of rotatable bonds is 4. The lowest BCUT2D eigenvalue weighted by molar-refractivity contribution is -0.125. The Kier molecular flexibility index (Phi) is 5.35. The summed E-state index contributed by atoms with van der Waals surface area (Å²) in [6, 6.07) is 6.15. The molecule has 2 rings (SSSR count). The van der Waals surface area contributed by atoms with E-state index in [4.69, 9.17) is 11.6 Å². The fourth-order valence-corrected chi connectivity index (χ4v) is 3.93. The van der Waals surface area contributed by atoms with Gasteiger partial charge in [0.05, 0.1) is 0 Å². The molecule has 1 amide bonds. The van der Waals surface area contributed by atoms with Crippen molar-refractivity contribution in [1.29, 1.82) is 0 Å². The van der Waals surface area contributed by atoms with Crippen LogP contribution in [0.15, 0.2) is 18.2 Å². The highest BCUT2D eigenvalue weighted by Gasteiger charge is 2.33. The summed E-state index contributed by atoms with van der Waals surface area (Å²) in [5, 5.41) is 3.74. The van der Waals surface area contributed by atoms with Gasteiger partial charge in [-0.15, -0.1) is 0 Å². The molecule has 20 heavy (non-hydrogen) atoms. The fraction of sp³-hybridized carbons (Fsp3) is 0.533. The van der Waals surface area contributed by atoms with E-state index >= 15 is 0 Å². The van der Waals surface area contributed by atoms with Crippen LogP contribution in [0.3, 0.4) is 0 Å². The van der Waals surface area contributed by atoms with Gasteiger partial charge in [0.1, 0.15) is 6.04 Å². The molecule has 0 saturated carbocycles. The van der Waals surface area contributed by atoms with Crippen LogP contribution in [0.5, 0.6) is 0 Å². The Hall–Kier alpha value is -0.710. The van der Waals surface area contributed by atoms with Crippen LogP contribution in [0, 0.1) is 6.92 Å². The summed E-state index contributed by atoms with van der Waals surface area (Å²) in [5.74, 6) is 1.12. The molecule has 1 aliphatic heterocycles. The van der Waals surface area contributed by atoms with Gasteiger partial charge in [0.15, 0.2) is 0 Å². The second kappa shape index (κ2) is 6.83. The largest absolute Gasteiger partial charge is 0.351 e. The second-order valence-corrected chi connectivity index (χ2v) is 6.84. The van der Waals surface area contributed by atoms with Gasteiger partial charge in [0.2, 0.25) is 5.91 Å².